The third kappa shape index (κ3) is 2.40. The van der Waals surface area contributed by atoms with Gasteiger partial charge >= 0.3 is 5.63 Å². The first-order valence-electron chi connectivity index (χ1n) is 5.82. The van der Waals surface area contributed by atoms with Crippen LogP contribution in [0.25, 0.3) is 10.8 Å². The molecule has 0 radical (unpaired) electrons. The third-order valence-electron chi connectivity index (χ3n) is 2.88. The first kappa shape index (κ1) is 14.2. The Hall–Kier alpha value is -2.25. The molecule has 2 rings (SSSR count). The fourth-order valence-corrected chi connectivity index (χ4v) is 1.92. The molecule has 2 aromatic rings. The van der Waals surface area contributed by atoms with Gasteiger partial charge in [-0.3, -0.25) is 0 Å². The fraction of sp³-hybridized carbons (Fsp3) is 0.308. The van der Waals surface area contributed by atoms with Gasteiger partial charge < -0.3 is 29.6 Å². The van der Waals surface area contributed by atoms with E-state index in [0.29, 0.717) is 0 Å². The molecule has 0 bridgehead atoms. The molecule has 0 aliphatic rings. The van der Waals surface area contributed by atoms with Crippen LogP contribution in [0, 0.1) is 0 Å². The second-order valence-electron chi connectivity index (χ2n) is 4.28. The molecule has 0 amide bonds. The topological polar surface area (TPSA) is 120 Å². The van der Waals surface area contributed by atoms with Gasteiger partial charge in [-0.15, -0.1) is 0 Å². The number of phenols is 2. The average Bonchev–Trinajstić information content (AvgIpc) is 2.41. The summed E-state index contributed by atoms with van der Waals surface area (Å²) in [4.78, 5) is 11.8. The molecular weight excluding hydrogens is 268 g/mol. The van der Waals surface area contributed by atoms with Crippen LogP contribution in [0.15, 0.2) is 21.3 Å². The number of ether oxygens (including phenoxy) is 1. The lowest BCUT2D eigenvalue weighted by molar-refractivity contribution is 0.0905. The number of rotatable bonds is 4. The molecule has 0 aliphatic carbocycles. The van der Waals surface area contributed by atoms with Crippen molar-refractivity contribution in [3.8, 4) is 17.2 Å². The summed E-state index contributed by atoms with van der Waals surface area (Å²) in [6.45, 7) is -0.489. The number of hydrogen-bond acceptors (Lipinski definition) is 7. The van der Waals surface area contributed by atoms with E-state index in [-0.39, 0.29) is 40.2 Å². The molecule has 1 atom stereocenters. The van der Waals surface area contributed by atoms with Gasteiger partial charge in [0.1, 0.15) is 16.9 Å². The van der Waals surface area contributed by atoms with Crippen molar-refractivity contribution >= 4 is 10.8 Å². The summed E-state index contributed by atoms with van der Waals surface area (Å²) >= 11 is 0. The average molecular weight is 282 g/mol. The van der Waals surface area contributed by atoms with E-state index >= 15 is 0 Å². The van der Waals surface area contributed by atoms with Crippen molar-refractivity contribution in [3.05, 3.63) is 28.3 Å². The van der Waals surface area contributed by atoms with Crippen LogP contribution < -0.4 is 10.4 Å². The molecular formula is C13H14O7. The number of benzene rings is 1. The maximum Gasteiger partial charge on any atom is 0.347 e. The van der Waals surface area contributed by atoms with Crippen molar-refractivity contribution in [2.24, 2.45) is 0 Å². The third-order valence-corrected chi connectivity index (χ3v) is 2.88. The number of methoxy groups -OCH3 is 1. The normalized spacial score (nSPS) is 12.6. The highest BCUT2D eigenvalue weighted by Crippen LogP contribution is 2.38. The molecule has 0 saturated heterocycles. The van der Waals surface area contributed by atoms with Crippen LogP contribution in [-0.4, -0.2) is 40.2 Å². The Morgan fingerprint density at radius 1 is 1.35 bits per heavy atom. The van der Waals surface area contributed by atoms with Crippen LogP contribution >= 0.6 is 0 Å². The van der Waals surface area contributed by atoms with Crippen molar-refractivity contribution in [1.82, 2.24) is 0 Å². The summed E-state index contributed by atoms with van der Waals surface area (Å²) in [6, 6.07) is 2.42. The quantitative estimate of drug-likeness (QED) is 0.587. The molecule has 20 heavy (non-hydrogen) atoms. The second kappa shape index (κ2) is 5.40. The molecule has 0 aliphatic heterocycles. The number of aliphatic hydroxyl groups is 2. The van der Waals surface area contributed by atoms with Crippen LogP contribution in [0.4, 0.5) is 0 Å². The highest BCUT2D eigenvalue weighted by atomic mass is 16.5. The summed E-state index contributed by atoms with van der Waals surface area (Å²) in [5.41, 5.74) is -0.849. The van der Waals surface area contributed by atoms with E-state index < -0.39 is 18.3 Å². The van der Waals surface area contributed by atoms with Gasteiger partial charge in [0.05, 0.1) is 19.8 Å². The number of fused-ring (bicyclic) bond motifs is 1. The van der Waals surface area contributed by atoms with E-state index in [1.54, 1.807) is 0 Å². The maximum absolute atomic E-state index is 11.8. The Bertz CT molecular complexity index is 689. The minimum absolute atomic E-state index is 0.00857. The Morgan fingerprint density at radius 2 is 2.05 bits per heavy atom. The number of aliphatic hydroxyl groups excluding tert-OH is 2. The zero-order valence-corrected chi connectivity index (χ0v) is 10.7. The molecule has 7 heteroatoms. The van der Waals surface area contributed by atoms with Crippen LogP contribution in [0.1, 0.15) is 5.76 Å². The molecule has 0 fully saturated rings. The Morgan fingerprint density at radius 3 is 2.65 bits per heavy atom. The van der Waals surface area contributed by atoms with Crippen molar-refractivity contribution in [2.75, 3.05) is 13.7 Å². The minimum Gasteiger partial charge on any atom is -0.507 e. The van der Waals surface area contributed by atoms with Crippen molar-refractivity contribution < 1.29 is 29.6 Å². The van der Waals surface area contributed by atoms with Crippen molar-refractivity contribution in [3.63, 3.8) is 0 Å². The zero-order chi connectivity index (χ0) is 14.9. The smallest absolute Gasteiger partial charge is 0.347 e. The summed E-state index contributed by atoms with van der Waals surface area (Å²) in [5.74, 6) is -0.605. The van der Waals surface area contributed by atoms with Crippen LogP contribution in [0.5, 0.6) is 17.2 Å². The summed E-state index contributed by atoms with van der Waals surface area (Å²) in [5, 5.41) is 37.8. The SMILES string of the molecule is COc1cc(O)c2c(=O)oc(C[C@@H](O)CO)cc2c1O. The molecule has 1 heterocycles. The van der Waals surface area contributed by atoms with Crippen molar-refractivity contribution in [2.45, 2.75) is 12.5 Å². The predicted octanol–water partition coefficient (Wildman–Crippen LogP) is 0.108. The standard InChI is InChI=1S/C13H14O7/c1-19-10-4-9(16)11-8(12(10)17)3-7(20-13(11)18)2-6(15)5-14/h3-4,6,14-17H,2,5H2,1H3/t6-/m1/s1. The summed E-state index contributed by atoms with van der Waals surface area (Å²) in [7, 11) is 1.31. The molecule has 0 saturated carbocycles. The van der Waals surface area contributed by atoms with E-state index in [1.165, 1.54) is 13.2 Å². The van der Waals surface area contributed by atoms with E-state index in [0.717, 1.165) is 6.07 Å². The highest BCUT2D eigenvalue weighted by Gasteiger charge is 2.18. The molecule has 108 valence electrons. The molecule has 1 aromatic carbocycles. The van der Waals surface area contributed by atoms with E-state index in [1.807, 2.05) is 0 Å². The van der Waals surface area contributed by atoms with Gasteiger partial charge in [-0.25, -0.2) is 4.79 Å². The first-order chi connectivity index (χ1) is 9.47. The largest absolute Gasteiger partial charge is 0.507 e. The van der Waals surface area contributed by atoms with Gasteiger partial charge in [-0.05, 0) is 6.07 Å². The summed E-state index contributed by atoms with van der Waals surface area (Å²) in [6.07, 6.45) is -1.18. The first-order valence-corrected chi connectivity index (χ1v) is 5.82. The molecule has 1 aromatic heterocycles. The van der Waals surface area contributed by atoms with Gasteiger partial charge in [0.2, 0.25) is 0 Å². The van der Waals surface area contributed by atoms with Gasteiger partial charge in [-0.2, -0.15) is 0 Å². The minimum atomic E-state index is -1.09. The fourth-order valence-electron chi connectivity index (χ4n) is 1.92. The number of aromatic hydroxyl groups is 2. The van der Waals surface area contributed by atoms with Gasteiger partial charge in [0.25, 0.3) is 0 Å². The predicted molar refractivity (Wildman–Crippen MR) is 69.2 cm³/mol. The second-order valence-corrected chi connectivity index (χ2v) is 4.28. The van der Waals surface area contributed by atoms with Crippen LogP contribution in [0.2, 0.25) is 0 Å². The number of hydrogen-bond donors (Lipinski definition) is 4. The Balaban J connectivity index is 2.69. The van der Waals surface area contributed by atoms with Gasteiger partial charge in [0, 0.05) is 17.9 Å². The molecule has 0 spiro atoms. The molecule has 4 N–H and O–H groups in total. The lowest BCUT2D eigenvalue weighted by Crippen LogP contribution is -2.16. The van der Waals surface area contributed by atoms with Gasteiger partial charge in [-0.1, -0.05) is 0 Å². The highest BCUT2D eigenvalue weighted by molar-refractivity contribution is 5.94. The lowest BCUT2D eigenvalue weighted by Gasteiger charge is -2.10. The monoisotopic (exact) mass is 282 g/mol. The van der Waals surface area contributed by atoms with Crippen molar-refractivity contribution in [1.29, 1.82) is 0 Å². The van der Waals surface area contributed by atoms with Crippen LogP contribution in [-0.2, 0) is 6.42 Å². The molecule has 7 nitrogen and oxygen atoms in total. The van der Waals surface area contributed by atoms with Gasteiger partial charge in [0.15, 0.2) is 11.5 Å². The van der Waals surface area contributed by atoms with E-state index in [2.05, 4.69) is 0 Å². The Labute approximate surface area is 113 Å². The Kier molecular flexibility index (Phi) is 3.82. The summed E-state index contributed by atoms with van der Waals surface area (Å²) < 4.78 is 9.82. The van der Waals surface area contributed by atoms with E-state index in [4.69, 9.17) is 14.3 Å². The zero-order valence-electron chi connectivity index (χ0n) is 10.7. The molecule has 0 unspecified atom stereocenters. The lowest BCUT2D eigenvalue weighted by atomic mass is 10.1. The van der Waals surface area contributed by atoms with E-state index in [9.17, 15) is 20.1 Å². The van der Waals surface area contributed by atoms with Crippen LogP contribution in [0.3, 0.4) is 0 Å². The number of phenolic OH excluding ortho intramolecular Hbond substituents is 2. The maximum atomic E-state index is 11.8.